The second-order valence-corrected chi connectivity index (χ2v) is 13.3. The number of rotatable bonds is 7. The van der Waals surface area contributed by atoms with E-state index in [-0.39, 0.29) is 17.1 Å². The summed E-state index contributed by atoms with van der Waals surface area (Å²) in [5.74, 6) is 5.00. The Bertz CT molecular complexity index is 630. The molecule has 4 heteroatoms. The fraction of sp³-hybridized carbons (Fsp3) is 1.00. The Morgan fingerprint density at radius 1 is 1.03 bits per heavy atom. The molecule has 4 fully saturated rings. The SMILES string of the molecule is CC(CCCC(C)C1CCC2C3COC4(C)CC(O)CCC4(C)C3CCC12C)CSF. The second-order valence-electron chi connectivity index (χ2n) is 12.8. The first-order chi connectivity index (χ1) is 14.6. The fourth-order valence-corrected chi connectivity index (χ4v) is 9.45. The third-order valence-electron chi connectivity index (χ3n) is 11.1. The van der Waals surface area contributed by atoms with E-state index in [2.05, 4.69) is 34.6 Å². The van der Waals surface area contributed by atoms with Crippen molar-refractivity contribution in [1.29, 1.82) is 0 Å². The van der Waals surface area contributed by atoms with E-state index in [4.69, 9.17) is 4.74 Å². The molecule has 3 aliphatic carbocycles. The van der Waals surface area contributed by atoms with Crippen molar-refractivity contribution in [2.45, 2.75) is 111 Å². The van der Waals surface area contributed by atoms with Crippen LogP contribution in [0.4, 0.5) is 3.89 Å². The van der Waals surface area contributed by atoms with E-state index in [0.717, 1.165) is 56.0 Å². The molecule has 1 N–H and O–H groups in total. The maximum atomic E-state index is 12.5. The number of ether oxygens (including phenoxy) is 1. The summed E-state index contributed by atoms with van der Waals surface area (Å²) >= 11 is 0.500. The number of aliphatic hydroxyl groups excluding tert-OH is 1. The highest BCUT2D eigenvalue weighted by Crippen LogP contribution is 2.68. The van der Waals surface area contributed by atoms with Crippen LogP contribution in [-0.4, -0.2) is 29.2 Å². The Balaban J connectivity index is 1.43. The summed E-state index contributed by atoms with van der Waals surface area (Å²) in [5.41, 5.74) is 0.521. The first kappa shape index (κ1) is 24.3. The van der Waals surface area contributed by atoms with Crippen LogP contribution in [0.1, 0.15) is 98.8 Å². The number of hydrogen-bond acceptors (Lipinski definition) is 3. The molecule has 31 heavy (non-hydrogen) atoms. The van der Waals surface area contributed by atoms with Crippen LogP contribution in [0.5, 0.6) is 0 Å². The third kappa shape index (κ3) is 4.14. The standard InChI is InChI=1S/C27H47FO2S/c1-18(17-31-28)7-6-8-19(2)22-9-10-23-21-16-30-27(5)15-20(29)11-14-26(27,4)24(21)12-13-25(22,23)3/h18-24,29H,6-17H2,1-5H3. The molecule has 180 valence electrons. The number of hydrogen-bond donors (Lipinski definition) is 1. The van der Waals surface area contributed by atoms with Crippen molar-refractivity contribution in [3.05, 3.63) is 0 Å². The molecule has 10 atom stereocenters. The molecule has 4 rings (SSSR count). The van der Waals surface area contributed by atoms with Crippen LogP contribution in [0.3, 0.4) is 0 Å². The van der Waals surface area contributed by atoms with E-state index in [1.165, 1.54) is 38.5 Å². The van der Waals surface area contributed by atoms with E-state index >= 15 is 0 Å². The predicted octanol–water partition coefficient (Wildman–Crippen LogP) is 7.45. The molecule has 1 saturated heterocycles. The molecule has 1 heterocycles. The van der Waals surface area contributed by atoms with Gasteiger partial charge in [0.25, 0.3) is 0 Å². The minimum Gasteiger partial charge on any atom is -0.393 e. The fourth-order valence-electron chi connectivity index (χ4n) is 9.06. The molecule has 0 aromatic carbocycles. The van der Waals surface area contributed by atoms with Gasteiger partial charge in [-0.1, -0.05) is 40.5 Å². The summed E-state index contributed by atoms with van der Waals surface area (Å²) in [6.45, 7) is 13.0. The van der Waals surface area contributed by atoms with E-state index in [9.17, 15) is 8.99 Å². The molecule has 0 bridgehead atoms. The topological polar surface area (TPSA) is 29.5 Å². The van der Waals surface area contributed by atoms with Crippen LogP contribution in [-0.2, 0) is 4.74 Å². The van der Waals surface area contributed by atoms with Crippen molar-refractivity contribution in [1.82, 2.24) is 0 Å². The monoisotopic (exact) mass is 454 g/mol. The van der Waals surface area contributed by atoms with Crippen LogP contribution < -0.4 is 0 Å². The molecule has 0 spiro atoms. The van der Waals surface area contributed by atoms with Crippen molar-refractivity contribution < 1.29 is 13.7 Å². The second kappa shape index (κ2) is 9.10. The van der Waals surface area contributed by atoms with Crippen LogP contribution in [0.2, 0.25) is 0 Å². The van der Waals surface area contributed by atoms with Gasteiger partial charge in [0.05, 0.1) is 18.3 Å². The average molecular weight is 455 g/mol. The number of aliphatic hydroxyl groups is 1. The minimum atomic E-state index is -0.189. The molecule has 10 unspecified atom stereocenters. The molecule has 2 nitrogen and oxygen atoms in total. The lowest BCUT2D eigenvalue weighted by molar-refractivity contribution is -0.261. The maximum Gasteiger partial charge on any atom is 0.0735 e. The number of halogens is 1. The Morgan fingerprint density at radius 3 is 2.55 bits per heavy atom. The van der Waals surface area contributed by atoms with Crippen molar-refractivity contribution in [2.75, 3.05) is 12.4 Å². The van der Waals surface area contributed by atoms with E-state index in [1.54, 1.807) is 0 Å². The zero-order chi connectivity index (χ0) is 22.4. The first-order valence-corrected chi connectivity index (χ1v) is 14.1. The van der Waals surface area contributed by atoms with Crippen LogP contribution in [0.25, 0.3) is 0 Å². The van der Waals surface area contributed by atoms with Crippen molar-refractivity contribution in [3.8, 4) is 0 Å². The lowest BCUT2D eigenvalue weighted by atomic mass is 9.46. The van der Waals surface area contributed by atoms with Gasteiger partial charge < -0.3 is 9.84 Å². The molecule has 0 amide bonds. The Hall–Kier alpha value is 0.200. The Labute approximate surface area is 195 Å². The van der Waals surface area contributed by atoms with Gasteiger partial charge in [0.2, 0.25) is 0 Å². The highest BCUT2D eigenvalue weighted by molar-refractivity contribution is 7.94. The summed E-state index contributed by atoms with van der Waals surface area (Å²) in [4.78, 5) is 0. The summed E-state index contributed by atoms with van der Waals surface area (Å²) in [6.07, 6.45) is 11.9. The molecule has 4 aliphatic rings. The molecule has 0 aromatic heterocycles. The summed E-state index contributed by atoms with van der Waals surface area (Å²) < 4.78 is 19.2. The van der Waals surface area contributed by atoms with E-state index in [1.807, 2.05) is 0 Å². The van der Waals surface area contributed by atoms with E-state index in [0.29, 0.717) is 35.2 Å². The largest absolute Gasteiger partial charge is 0.393 e. The third-order valence-corrected chi connectivity index (χ3v) is 11.8. The van der Waals surface area contributed by atoms with Gasteiger partial charge in [-0.2, -0.15) is 3.89 Å². The van der Waals surface area contributed by atoms with Gasteiger partial charge >= 0.3 is 0 Å². The van der Waals surface area contributed by atoms with Gasteiger partial charge in [-0.25, -0.2) is 0 Å². The van der Waals surface area contributed by atoms with Crippen molar-refractivity contribution in [2.24, 2.45) is 46.3 Å². The molecular formula is C27H47FO2S. The van der Waals surface area contributed by atoms with Gasteiger partial charge in [-0.3, -0.25) is 0 Å². The van der Waals surface area contributed by atoms with Gasteiger partial charge in [0, 0.05) is 24.3 Å². The maximum absolute atomic E-state index is 12.5. The Kier molecular flexibility index (Phi) is 7.14. The van der Waals surface area contributed by atoms with Crippen molar-refractivity contribution >= 4 is 12.1 Å². The molecule has 3 saturated carbocycles. The first-order valence-electron chi connectivity index (χ1n) is 13.2. The van der Waals surface area contributed by atoms with Crippen LogP contribution in [0.15, 0.2) is 0 Å². The normalized spacial score (nSPS) is 49.1. The minimum absolute atomic E-state index is 0.153. The molecule has 0 aromatic rings. The van der Waals surface area contributed by atoms with Gasteiger partial charge in [0.1, 0.15) is 0 Å². The molecular weight excluding hydrogens is 407 g/mol. The van der Waals surface area contributed by atoms with Crippen molar-refractivity contribution in [3.63, 3.8) is 0 Å². The van der Waals surface area contributed by atoms with Gasteiger partial charge in [0.15, 0.2) is 0 Å². The molecule has 1 aliphatic heterocycles. The van der Waals surface area contributed by atoms with Gasteiger partial charge in [-0.15, -0.1) is 0 Å². The smallest absolute Gasteiger partial charge is 0.0735 e. The quantitative estimate of drug-likeness (QED) is 0.433. The van der Waals surface area contributed by atoms with Gasteiger partial charge in [-0.05, 0) is 98.2 Å². The number of fused-ring (bicyclic) bond motifs is 5. The molecule has 0 radical (unpaired) electrons. The zero-order valence-electron chi connectivity index (χ0n) is 20.7. The predicted molar refractivity (Wildman–Crippen MR) is 129 cm³/mol. The lowest BCUT2D eigenvalue weighted by Crippen LogP contribution is -2.64. The van der Waals surface area contributed by atoms with Crippen LogP contribution >= 0.6 is 12.1 Å². The lowest BCUT2D eigenvalue weighted by Gasteiger charge is -2.64. The van der Waals surface area contributed by atoms with Crippen LogP contribution in [0, 0.1) is 46.3 Å². The summed E-state index contributed by atoms with van der Waals surface area (Å²) in [5, 5.41) is 10.3. The Morgan fingerprint density at radius 2 is 1.81 bits per heavy atom. The summed E-state index contributed by atoms with van der Waals surface area (Å²) in [7, 11) is 0. The highest BCUT2D eigenvalue weighted by atomic mass is 32.2. The van der Waals surface area contributed by atoms with E-state index < -0.39 is 0 Å². The zero-order valence-corrected chi connectivity index (χ0v) is 21.5. The summed E-state index contributed by atoms with van der Waals surface area (Å²) in [6, 6.07) is 0. The average Bonchev–Trinajstić information content (AvgIpc) is 3.06. The highest BCUT2D eigenvalue weighted by Gasteiger charge is 2.64.